The van der Waals surface area contributed by atoms with Crippen LogP contribution in [0, 0.1) is 5.92 Å². The molecule has 2 unspecified atom stereocenters. The van der Waals surface area contributed by atoms with Crippen LogP contribution in [0.15, 0.2) is 0 Å². The summed E-state index contributed by atoms with van der Waals surface area (Å²) in [5.74, 6) is 0.922. The van der Waals surface area contributed by atoms with Gasteiger partial charge in [0.05, 0.1) is 6.10 Å². The second-order valence-electron chi connectivity index (χ2n) is 5.41. The zero-order valence-corrected chi connectivity index (χ0v) is 11.7. The first kappa shape index (κ1) is 16.0. The van der Waals surface area contributed by atoms with Crippen molar-refractivity contribution in [2.75, 3.05) is 0 Å². The van der Waals surface area contributed by atoms with Crippen LogP contribution in [0.4, 0.5) is 0 Å². The highest BCUT2D eigenvalue weighted by Gasteiger charge is 1.98. The molecule has 1 nitrogen and oxygen atoms in total. The lowest BCUT2D eigenvalue weighted by molar-refractivity contribution is 0.180. The minimum Gasteiger partial charge on any atom is -0.393 e. The van der Waals surface area contributed by atoms with Gasteiger partial charge in [-0.05, 0) is 19.3 Å². The Balaban J connectivity index is 2.99. The summed E-state index contributed by atoms with van der Waals surface area (Å²) in [5.41, 5.74) is 0. The molecule has 0 saturated heterocycles. The Morgan fingerprint density at radius 1 is 0.750 bits per heavy atom. The summed E-state index contributed by atoms with van der Waals surface area (Å²) in [6.07, 6.45) is 13.1. The van der Waals surface area contributed by atoms with Crippen molar-refractivity contribution in [3.63, 3.8) is 0 Å². The molecule has 98 valence electrons. The molecule has 1 N–H and O–H groups in total. The second kappa shape index (κ2) is 11.4. The lowest BCUT2D eigenvalue weighted by atomic mass is 9.99. The number of unbranched alkanes of at least 4 members (excludes halogenated alkanes) is 6. The van der Waals surface area contributed by atoms with Crippen molar-refractivity contribution >= 4 is 0 Å². The lowest BCUT2D eigenvalue weighted by Gasteiger charge is -2.07. The monoisotopic (exact) mass is 228 g/mol. The molecular formula is C15H32O. The third kappa shape index (κ3) is 12.0. The maximum Gasteiger partial charge on any atom is 0.0512 e. The van der Waals surface area contributed by atoms with Crippen LogP contribution in [-0.4, -0.2) is 11.2 Å². The van der Waals surface area contributed by atoms with E-state index in [4.69, 9.17) is 5.11 Å². The quantitative estimate of drug-likeness (QED) is 0.497. The van der Waals surface area contributed by atoms with E-state index in [1.807, 2.05) is 6.92 Å². The highest BCUT2D eigenvalue weighted by Crippen LogP contribution is 2.14. The molecule has 16 heavy (non-hydrogen) atoms. The molecule has 0 saturated carbocycles. The minimum absolute atomic E-state index is 0.101. The maximum absolute atomic E-state index is 9.10. The van der Waals surface area contributed by atoms with E-state index in [2.05, 4.69) is 13.8 Å². The van der Waals surface area contributed by atoms with Crippen molar-refractivity contribution in [3.05, 3.63) is 0 Å². The third-order valence-electron chi connectivity index (χ3n) is 3.52. The molecule has 0 radical (unpaired) electrons. The van der Waals surface area contributed by atoms with Gasteiger partial charge < -0.3 is 5.11 Å². The Bertz CT molecular complexity index is 131. The van der Waals surface area contributed by atoms with Crippen LogP contribution in [0.5, 0.6) is 0 Å². The number of hydrogen-bond acceptors (Lipinski definition) is 1. The van der Waals surface area contributed by atoms with E-state index in [0.29, 0.717) is 0 Å². The molecular weight excluding hydrogens is 196 g/mol. The molecule has 0 aliphatic heterocycles. The van der Waals surface area contributed by atoms with Gasteiger partial charge >= 0.3 is 0 Å². The first-order chi connectivity index (χ1) is 7.66. The number of hydrogen-bond donors (Lipinski definition) is 1. The topological polar surface area (TPSA) is 20.2 Å². The predicted molar refractivity (Wildman–Crippen MR) is 72.7 cm³/mol. The molecule has 0 bridgehead atoms. The third-order valence-corrected chi connectivity index (χ3v) is 3.52. The fourth-order valence-corrected chi connectivity index (χ4v) is 2.02. The summed E-state index contributed by atoms with van der Waals surface area (Å²) in [7, 11) is 0. The van der Waals surface area contributed by atoms with E-state index < -0.39 is 0 Å². The van der Waals surface area contributed by atoms with Crippen molar-refractivity contribution < 1.29 is 5.11 Å². The molecule has 0 fully saturated rings. The summed E-state index contributed by atoms with van der Waals surface area (Å²) in [6.45, 7) is 6.53. The van der Waals surface area contributed by atoms with E-state index in [1.54, 1.807) is 0 Å². The molecule has 0 rings (SSSR count). The molecule has 0 aromatic heterocycles. The lowest BCUT2D eigenvalue weighted by Crippen LogP contribution is -1.98. The minimum atomic E-state index is -0.101. The normalized spacial score (nSPS) is 15.0. The molecule has 0 aromatic carbocycles. The zero-order chi connectivity index (χ0) is 12.2. The van der Waals surface area contributed by atoms with Crippen LogP contribution >= 0.6 is 0 Å². The summed E-state index contributed by atoms with van der Waals surface area (Å²) in [5, 5.41) is 9.10. The van der Waals surface area contributed by atoms with Crippen LogP contribution in [0.25, 0.3) is 0 Å². The highest BCUT2D eigenvalue weighted by atomic mass is 16.3. The largest absolute Gasteiger partial charge is 0.393 e. The van der Waals surface area contributed by atoms with Crippen molar-refractivity contribution in [3.8, 4) is 0 Å². The molecule has 0 aromatic rings. The fourth-order valence-electron chi connectivity index (χ4n) is 2.02. The zero-order valence-electron chi connectivity index (χ0n) is 11.7. The standard InChI is InChI=1S/C15H32O/c1-4-14(2)12-10-8-6-5-7-9-11-13-15(3)16/h14-16H,4-13H2,1-3H3. The van der Waals surface area contributed by atoms with Crippen molar-refractivity contribution in [1.82, 2.24) is 0 Å². The van der Waals surface area contributed by atoms with E-state index in [1.165, 1.54) is 57.8 Å². The van der Waals surface area contributed by atoms with Gasteiger partial charge in [0, 0.05) is 0 Å². The maximum atomic E-state index is 9.10. The van der Waals surface area contributed by atoms with E-state index in [0.717, 1.165) is 12.3 Å². The molecule has 1 heteroatoms. The molecule has 0 spiro atoms. The number of aliphatic hydroxyl groups is 1. The fraction of sp³-hybridized carbons (Fsp3) is 1.00. The van der Waals surface area contributed by atoms with Gasteiger partial charge in [-0.25, -0.2) is 0 Å². The Morgan fingerprint density at radius 3 is 1.62 bits per heavy atom. The van der Waals surface area contributed by atoms with Crippen LogP contribution in [-0.2, 0) is 0 Å². The van der Waals surface area contributed by atoms with Crippen molar-refractivity contribution in [2.45, 2.75) is 91.1 Å². The number of rotatable bonds is 11. The van der Waals surface area contributed by atoms with Gasteiger partial charge in [-0.3, -0.25) is 0 Å². The van der Waals surface area contributed by atoms with Crippen LogP contribution in [0.2, 0.25) is 0 Å². The van der Waals surface area contributed by atoms with E-state index >= 15 is 0 Å². The highest BCUT2D eigenvalue weighted by molar-refractivity contribution is 4.52. The molecule has 0 aliphatic carbocycles. The average Bonchev–Trinajstić information content (AvgIpc) is 2.26. The summed E-state index contributed by atoms with van der Waals surface area (Å²) in [6, 6.07) is 0. The van der Waals surface area contributed by atoms with Crippen molar-refractivity contribution in [1.29, 1.82) is 0 Å². The smallest absolute Gasteiger partial charge is 0.0512 e. The SMILES string of the molecule is CCC(C)CCCCCCCCCC(C)O. The van der Waals surface area contributed by atoms with Crippen LogP contribution in [0.1, 0.15) is 85.0 Å². The Labute approximate surface area is 103 Å². The first-order valence-corrected chi connectivity index (χ1v) is 7.34. The van der Waals surface area contributed by atoms with Gasteiger partial charge in [-0.1, -0.05) is 71.6 Å². The van der Waals surface area contributed by atoms with Gasteiger partial charge in [0.25, 0.3) is 0 Å². The van der Waals surface area contributed by atoms with Gasteiger partial charge in [-0.2, -0.15) is 0 Å². The Kier molecular flexibility index (Phi) is 11.4. The molecule has 0 heterocycles. The van der Waals surface area contributed by atoms with Gasteiger partial charge in [-0.15, -0.1) is 0 Å². The van der Waals surface area contributed by atoms with Crippen molar-refractivity contribution in [2.24, 2.45) is 5.92 Å². The second-order valence-corrected chi connectivity index (χ2v) is 5.41. The predicted octanol–water partition coefficient (Wildman–Crippen LogP) is 4.92. The summed E-state index contributed by atoms with van der Waals surface area (Å²) >= 11 is 0. The number of aliphatic hydroxyl groups excluding tert-OH is 1. The summed E-state index contributed by atoms with van der Waals surface area (Å²) < 4.78 is 0. The molecule has 2 atom stereocenters. The summed E-state index contributed by atoms with van der Waals surface area (Å²) in [4.78, 5) is 0. The van der Waals surface area contributed by atoms with E-state index in [-0.39, 0.29) is 6.10 Å². The molecule has 0 amide bonds. The Hall–Kier alpha value is -0.0400. The van der Waals surface area contributed by atoms with E-state index in [9.17, 15) is 0 Å². The van der Waals surface area contributed by atoms with Gasteiger partial charge in [0.15, 0.2) is 0 Å². The van der Waals surface area contributed by atoms with Gasteiger partial charge in [0.2, 0.25) is 0 Å². The average molecular weight is 228 g/mol. The first-order valence-electron chi connectivity index (χ1n) is 7.34. The van der Waals surface area contributed by atoms with Crippen LogP contribution in [0.3, 0.4) is 0 Å². The van der Waals surface area contributed by atoms with Crippen LogP contribution < -0.4 is 0 Å². The Morgan fingerprint density at radius 2 is 1.19 bits per heavy atom. The van der Waals surface area contributed by atoms with Gasteiger partial charge in [0.1, 0.15) is 0 Å². The molecule has 0 aliphatic rings.